The zero-order valence-corrected chi connectivity index (χ0v) is 16.6. The number of carbonyl (C=O) groups is 1. The molecule has 0 aliphatic carbocycles. The SMILES string of the molecule is CCn1c(=NC(=O)CCSc2ccccc2)sc2cc3c(cc21)OCCO3. The van der Waals surface area contributed by atoms with Crippen molar-refractivity contribution in [2.45, 2.75) is 24.8 Å². The number of aryl methyl sites for hydroxylation is 1. The van der Waals surface area contributed by atoms with Crippen LogP contribution in [0, 0.1) is 0 Å². The van der Waals surface area contributed by atoms with Crippen LogP contribution in [0.1, 0.15) is 13.3 Å². The van der Waals surface area contributed by atoms with Crippen molar-refractivity contribution in [3.05, 3.63) is 47.3 Å². The van der Waals surface area contributed by atoms with E-state index in [1.54, 1.807) is 11.8 Å². The summed E-state index contributed by atoms with van der Waals surface area (Å²) in [4.78, 5) is 18.6. The summed E-state index contributed by atoms with van der Waals surface area (Å²) in [6.07, 6.45) is 0.417. The van der Waals surface area contributed by atoms with Gasteiger partial charge in [-0.3, -0.25) is 4.79 Å². The lowest BCUT2D eigenvalue weighted by molar-refractivity contribution is -0.117. The lowest BCUT2D eigenvalue weighted by Gasteiger charge is -2.18. The van der Waals surface area contributed by atoms with E-state index in [4.69, 9.17) is 9.47 Å². The number of amides is 1. The molecule has 4 rings (SSSR count). The van der Waals surface area contributed by atoms with Crippen LogP contribution in [0.15, 0.2) is 52.4 Å². The molecule has 1 aromatic heterocycles. The summed E-state index contributed by atoms with van der Waals surface area (Å²) in [6.45, 7) is 3.91. The normalized spacial score (nSPS) is 13.9. The van der Waals surface area contributed by atoms with Crippen LogP contribution in [-0.4, -0.2) is 29.4 Å². The first kappa shape index (κ1) is 18.1. The Morgan fingerprint density at radius 3 is 2.67 bits per heavy atom. The smallest absolute Gasteiger partial charge is 0.249 e. The fraction of sp³-hybridized carbons (Fsp3) is 0.300. The largest absolute Gasteiger partial charge is 0.486 e. The van der Waals surface area contributed by atoms with Crippen LogP contribution >= 0.6 is 23.1 Å². The maximum absolute atomic E-state index is 12.4. The van der Waals surface area contributed by atoms with Gasteiger partial charge in [-0.2, -0.15) is 4.99 Å². The molecule has 2 heterocycles. The van der Waals surface area contributed by atoms with Crippen molar-refractivity contribution in [3.8, 4) is 11.5 Å². The summed E-state index contributed by atoms with van der Waals surface area (Å²) in [5, 5.41) is 0. The maximum Gasteiger partial charge on any atom is 0.249 e. The number of aromatic nitrogens is 1. The number of hydrogen-bond donors (Lipinski definition) is 0. The van der Waals surface area contributed by atoms with Crippen molar-refractivity contribution < 1.29 is 14.3 Å². The third-order valence-electron chi connectivity index (χ3n) is 4.21. The minimum atomic E-state index is -0.0931. The quantitative estimate of drug-likeness (QED) is 0.605. The number of hydrogen-bond acceptors (Lipinski definition) is 5. The molecule has 1 amide bonds. The highest BCUT2D eigenvalue weighted by Gasteiger charge is 2.16. The molecule has 7 heteroatoms. The van der Waals surface area contributed by atoms with Crippen LogP contribution in [0.3, 0.4) is 0 Å². The molecular weight excluding hydrogens is 380 g/mol. The lowest BCUT2D eigenvalue weighted by Crippen LogP contribution is -2.17. The van der Waals surface area contributed by atoms with E-state index in [9.17, 15) is 4.79 Å². The van der Waals surface area contributed by atoms with Gasteiger partial charge < -0.3 is 14.0 Å². The van der Waals surface area contributed by atoms with E-state index in [1.165, 1.54) is 16.2 Å². The molecule has 2 aromatic carbocycles. The number of fused-ring (bicyclic) bond motifs is 2. The number of thioether (sulfide) groups is 1. The number of carbonyl (C=O) groups excluding carboxylic acids is 1. The first-order chi connectivity index (χ1) is 13.2. The summed E-state index contributed by atoms with van der Waals surface area (Å²) < 4.78 is 14.4. The third-order valence-corrected chi connectivity index (χ3v) is 6.27. The lowest BCUT2D eigenvalue weighted by atomic mass is 10.2. The van der Waals surface area contributed by atoms with Crippen LogP contribution in [-0.2, 0) is 11.3 Å². The van der Waals surface area contributed by atoms with Gasteiger partial charge in [0.1, 0.15) is 13.2 Å². The molecule has 1 aliphatic rings. The van der Waals surface area contributed by atoms with E-state index >= 15 is 0 Å². The van der Waals surface area contributed by atoms with Gasteiger partial charge in [0.25, 0.3) is 0 Å². The highest BCUT2D eigenvalue weighted by molar-refractivity contribution is 7.99. The van der Waals surface area contributed by atoms with E-state index in [-0.39, 0.29) is 5.91 Å². The Morgan fingerprint density at radius 2 is 1.93 bits per heavy atom. The molecule has 0 spiro atoms. The first-order valence-corrected chi connectivity index (χ1v) is 10.7. The van der Waals surface area contributed by atoms with Crippen LogP contribution in [0.2, 0.25) is 0 Å². The van der Waals surface area contributed by atoms with Gasteiger partial charge in [0.15, 0.2) is 16.3 Å². The zero-order valence-electron chi connectivity index (χ0n) is 15.0. The number of benzene rings is 2. The predicted molar refractivity (Wildman–Crippen MR) is 109 cm³/mol. The summed E-state index contributed by atoms with van der Waals surface area (Å²) >= 11 is 3.19. The Labute approximate surface area is 165 Å². The molecule has 0 bridgehead atoms. The van der Waals surface area contributed by atoms with E-state index in [1.807, 2.05) is 30.3 Å². The first-order valence-electron chi connectivity index (χ1n) is 8.93. The summed E-state index contributed by atoms with van der Waals surface area (Å²) in [7, 11) is 0. The molecule has 5 nitrogen and oxygen atoms in total. The Bertz CT molecular complexity index is 1020. The molecule has 0 fully saturated rings. The third kappa shape index (κ3) is 4.04. The highest BCUT2D eigenvalue weighted by Crippen LogP contribution is 2.35. The summed E-state index contributed by atoms with van der Waals surface area (Å²) in [5.74, 6) is 2.14. The van der Waals surface area contributed by atoms with Crippen molar-refractivity contribution in [1.82, 2.24) is 4.57 Å². The van der Waals surface area contributed by atoms with Crippen LogP contribution in [0.25, 0.3) is 10.2 Å². The van der Waals surface area contributed by atoms with Crippen LogP contribution < -0.4 is 14.3 Å². The van der Waals surface area contributed by atoms with Crippen LogP contribution in [0.5, 0.6) is 11.5 Å². The molecule has 1 aliphatic heterocycles. The Hall–Kier alpha value is -2.25. The molecule has 0 radical (unpaired) electrons. The minimum Gasteiger partial charge on any atom is -0.486 e. The van der Waals surface area contributed by atoms with E-state index < -0.39 is 0 Å². The number of ether oxygens (including phenoxy) is 2. The van der Waals surface area contributed by atoms with Gasteiger partial charge in [-0.1, -0.05) is 29.5 Å². The monoisotopic (exact) mass is 400 g/mol. The molecule has 0 saturated heterocycles. The van der Waals surface area contributed by atoms with Gasteiger partial charge in [0.05, 0.1) is 10.2 Å². The number of rotatable bonds is 5. The van der Waals surface area contributed by atoms with Crippen molar-refractivity contribution in [1.29, 1.82) is 0 Å². The van der Waals surface area contributed by atoms with Gasteiger partial charge in [-0.15, -0.1) is 11.8 Å². The predicted octanol–water partition coefficient (Wildman–Crippen LogP) is 4.10. The minimum absolute atomic E-state index is 0.0931. The second-order valence-electron chi connectivity index (χ2n) is 6.01. The van der Waals surface area contributed by atoms with E-state index in [0.29, 0.717) is 19.6 Å². The Balaban J connectivity index is 1.55. The van der Waals surface area contributed by atoms with E-state index in [2.05, 4.69) is 28.6 Å². The van der Waals surface area contributed by atoms with E-state index in [0.717, 1.165) is 38.8 Å². The zero-order chi connectivity index (χ0) is 18.6. The topological polar surface area (TPSA) is 52.8 Å². The Kier molecular flexibility index (Phi) is 5.50. The fourth-order valence-corrected chi connectivity index (χ4v) is 4.92. The molecule has 27 heavy (non-hydrogen) atoms. The van der Waals surface area contributed by atoms with Gasteiger partial charge in [-0.25, -0.2) is 0 Å². The van der Waals surface area contributed by atoms with Crippen LogP contribution in [0.4, 0.5) is 0 Å². The van der Waals surface area contributed by atoms with Crippen molar-refractivity contribution >= 4 is 39.2 Å². The number of nitrogens with zero attached hydrogens (tertiary/aromatic N) is 2. The average Bonchev–Trinajstić information content (AvgIpc) is 3.02. The van der Waals surface area contributed by atoms with Crippen molar-refractivity contribution in [2.24, 2.45) is 4.99 Å². The van der Waals surface area contributed by atoms with Gasteiger partial charge in [0, 0.05) is 35.7 Å². The van der Waals surface area contributed by atoms with Crippen molar-refractivity contribution in [2.75, 3.05) is 19.0 Å². The molecule has 0 N–H and O–H groups in total. The summed E-state index contributed by atoms with van der Waals surface area (Å²) in [6, 6.07) is 14.1. The molecular formula is C20H20N2O3S2. The molecule has 0 unspecified atom stereocenters. The van der Waals surface area contributed by atoms with Gasteiger partial charge in [0.2, 0.25) is 5.91 Å². The van der Waals surface area contributed by atoms with Crippen molar-refractivity contribution in [3.63, 3.8) is 0 Å². The summed E-state index contributed by atoms with van der Waals surface area (Å²) in [5.41, 5.74) is 1.02. The number of thiazole rings is 1. The standard InChI is InChI=1S/C20H20N2O3S2/c1-2-22-15-12-16-17(25-10-9-24-16)13-18(15)27-20(22)21-19(23)8-11-26-14-6-4-3-5-7-14/h3-7,12-13H,2,8-11H2,1H3. The van der Waals surface area contributed by atoms with Gasteiger partial charge >= 0.3 is 0 Å². The maximum atomic E-state index is 12.4. The molecule has 0 atom stereocenters. The second kappa shape index (κ2) is 8.19. The second-order valence-corrected chi connectivity index (χ2v) is 8.19. The van der Waals surface area contributed by atoms with Gasteiger partial charge in [-0.05, 0) is 19.1 Å². The fourth-order valence-electron chi connectivity index (χ4n) is 2.93. The highest BCUT2D eigenvalue weighted by atomic mass is 32.2. The average molecular weight is 401 g/mol. The molecule has 140 valence electrons. The molecule has 0 saturated carbocycles. The Morgan fingerprint density at radius 1 is 1.19 bits per heavy atom. The molecule has 3 aromatic rings.